The minimum atomic E-state index is -4.50. The third-order valence-corrected chi connectivity index (χ3v) is 2.55. The van der Waals surface area contributed by atoms with Crippen molar-refractivity contribution in [1.29, 1.82) is 5.26 Å². The predicted molar refractivity (Wildman–Crippen MR) is 66.7 cm³/mol. The van der Waals surface area contributed by atoms with Crippen LogP contribution in [0.5, 0.6) is 0 Å². The highest BCUT2D eigenvalue weighted by Gasteiger charge is 2.33. The van der Waals surface area contributed by atoms with Crippen LogP contribution in [0.4, 0.5) is 19.0 Å². The number of anilines is 1. The van der Waals surface area contributed by atoms with Crippen LogP contribution in [0.25, 0.3) is 0 Å². The Morgan fingerprint density at radius 3 is 2.42 bits per heavy atom. The Morgan fingerprint density at radius 2 is 2.00 bits per heavy atom. The van der Waals surface area contributed by atoms with Gasteiger partial charge < -0.3 is 4.90 Å². The molecule has 0 spiro atoms. The van der Waals surface area contributed by atoms with E-state index in [1.54, 1.807) is 4.90 Å². The van der Waals surface area contributed by atoms with Crippen molar-refractivity contribution < 1.29 is 13.2 Å². The lowest BCUT2D eigenvalue weighted by atomic mass is 10.1. The molecule has 19 heavy (non-hydrogen) atoms. The highest BCUT2D eigenvalue weighted by molar-refractivity contribution is 5.54. The average Bonchev–Trinajstić information content (AvgIpc) is 2.33. The second-order valence-corrected chi connectivity index (χ2v) is 4.61. The fourth-order valence-electron chi connectivity index (χ4n) is 1.74. The summed E-state index contributed by atoms with van der Waals surface area (Å²) < 4.78 is 38.0. The minimum Gasteiger partial charge on any atom is -0.356 e. The van der Waals surface area contributed by atoms with Gasteiger partial charge in [0.05, 0.1) is 5.56 Å². The average molecular weight is 271 g/mol. The van der Waals surface area contributed by atoms with Gasteiger partial charge in [-0.25, -0.2) is 4.98 Å². The van der Waals surface area contributed by atoms with Crippen molar-refractivity contribution >= 4 is 5.82 Å². The number of rotatable bonds is 4. The molecule has 0 aromatic carbocycles. The summed E-state index contributed by atoms with van der Waals surface area (Å²) >= 11 is 0. The first-order valence-corrected chi connectivity index (χ1v) is 6.02. The van der Waals surface area contributed by atoms with Crippen molar-refractivity contribution in [3.63, 3.8) is 0 Å². The third kappa shape index (κ3) is 3.85. The van der Waals surface area contributed by atoms with E-state index >= 15 is 0 Å². The molecular formula is C13H16F3N3. The number of nitrogens with zero attached hydrogens (tertiary/aromatic N) is 3. The second kappa shape index (κ2) is 5.91. The van der Waals surface area contributed by atoms with E-state index in [9.17, 15) is 13.2 Å². The molecule has 1 rings (SSSR count). The number of alkyl halides is 3. The molecule has 6 heteroatoms. The monoisotopic (exact) mass is 271 g/mol. The predicted octanol–water partition coefficient (Wildman–Crippen LogP) is 3.45. The maximum Gasteiger partial charge on any atom is 0.433 e. The Labute approximate surface area is 110 Å². The van der Waals surface area contributed by atoms with Crippen molar-refractivity contribution in [1.82, 2.24) is 4.98 Å². The number of aromatic nitrogens is 1. The lowest BCUT2D eigenvalue weighted by molar-refractivity contribution is -0.141. The molecule has 0 amide bonds. The van der Waals surface area contributed by atoms with Crippen LogP contribution in [0.15, 0.2) is 12.1 Å². The molecule has 1 aromatic heterocycles. The number of pyridine rings is 1. The zero-order valence-electron chi connectivity index (χ0n) is 11.1. The first-order chi connectivity index (χ1) is 8.79. The van der Waals surface area contributed by atoms with Gasteiger partial charge in [-0.1, -0.05) is 13.8 Å². The molecule has 1 heterocycles. The van der Waals surface area contributed by atoms with Crippen molar-refractivity contribution in [2.45, 2.75) is 26.9 Å². The standard InChI is InChI=1S/C13H16F3N3/c1-4-19(8-9(2)3)12-10(7-17)5-6-11(18-12)13(14,15)16/h5-6,9H,4,8H2,1-3H3. The molecule has 0 radical (unpaired) electrons. The summed E-state index contributed by atoms with van der Waals surface area (Å²) in [6.07, 6.45) is -4.50. The van der Waals surface area contributed by atoms with Gasteiger partial charge in [-0.3, -0.25) is 0 Å². The molecule has 0 unspecified atom stereocenters. The fourth-order valence-corrected chi connectivity index (χ4v) is 1.74. The Kier molecular flexibility index (Phi) is 4.76. The van der Waals surface area contributed by atoms with Crippen LogP contribution >= 0.6 is 0 Å². The van der Waals surface area contributed by atoms with E-state index in [1.807, 2.05) is 26.8 Å². The van der Waals surface area contributed by atoms with Crippen molar-refractivity contribution in [3.8, 4) is 6.07 Å². The van der Waals surface area contributed by atoms with Crippen LogP contribution in [-0.2, 0) is 6.18 Å². The van der Waals surface area contributed by atoms with Gasteiger partial charge in [-0.2, -0.15) is 18.4 Å². The highest BCUT2D eigenvalue weighted by Crippen LogP contribution is 2.30. The van der Waals surface area contributed by atoms with Crippen molar-refractivity contribution in [2.24, 2.45) is 5.92 Å². The summed E-state index contributed by atoms with van der Waals surface area (Å²) in [5, 5.41) is 8.99. The highest BCUT2D eigenvalue weighted by atomic mass is 19.4. The zero-order chi connectivity index (χ0) is 14.6. The van der Waals surface area contributed by atoms with E-state index in [0.29, 0.717) is 13.1 Å². The van der Waals surface area contributed by atoms with Crippen LogP contribution < -0.4 is 4.90 Å². The van der Waals surface area contributed by atoms with Gasteiger partial charge in [0.25, 0.3) is 0 Å². The SMILES string of the molecule is CCN(CC(C)C)c1nc(C(F)(F)F)ccc1C#N. The summed E-state index contributed by atoms with van der Waals surface area (Å²) in [6, 6.07) is 3.90. The van der Waals surface area contributed by atoms with Gasteiger partial charge in [-0.05, 0) is 25.0 Å². The lowest BCUT2D eigenvalue weighted by Gasteiger charge is -2.25. The van der Waals surface area contributed by atoms with E-state index < -0.39 is 11.9 Å². The molecule has 0 aliphatic carbocycles. The maximum absolute atomic E-state index is 12.7. The molecule has 0 aliphatic heterocycles. The van der Waals surface area contributed by atoms with Crippen molar-refractivity contribution in [2.75, 3.05) is 18.0 Å². The second-order valence-electron chi connectivity index (χ2n) is 4.61. The molecule has 0 saturated heterocycles. The zero-order valence-corrected chi connectivity index (χ0v) is 11.1. The molecular weight excluding hydrogens is 255 g/mol. The van der Waals surface area contributed by atoms with Crippen LogP contribution in [0, 0.1) is 17.2 Å². The van der Waals surface area contributed by atoms with E-state index in [-0.39, 0.29) is 17.3 Å². The first-order valence-electron chi connectivity index (χ1n) is 6.02. The molecule has 0 saturated carbocycles. The van der Waals surface area contributed by atoms with E-state index in [1.165, 1.54) is 6.07 Å². The molecule has 0 aliphatic rings. The maximum atomic E-state index is 12.7. The number of nitriles is 1. The summed E-state index contributed by atoms with van der Waals surface area (Å²) in [4.78, 5) is 5.31. The Bertz CT molecular complexity index is 475. The molecule has 104 valence electrons. The van der Waals surface area contributed by atoms with E-state index in [2.05, 4.69) is 4.98 Å². The summed E-state index contributed by atoms with van der Waals surface area (Å²) in [5.74, 6) is 0.372. The fraction of sp³-hybridized carbons (Fsp3) is 0.538. The van der Waals surface area contributed by atoms with Gasteiger partial charge >= 0.3 is 6.18 Å². The van der Waals surface area contributed by atoms with E-state index in [0.717, 1.165) is 6.07 Å². The van der Waals surface area contributed by atoms with Crippen molar-refractivity contribution in [3.05, 3.63) is 23.4 Å². The molecule has 1 aromatic rings. The first kappa shape index (κ1) is 15.3. The molecule has 0 fully saturated rings. The van der Waals surface area contributed by atoms with Gasteiger partial charge in [-0.15, -0.1) is 0 Å². The normalized spacial score (nSPS) is 11.5. The van der Waals surface area contributed by atoms with E-state index in [4.69, 9.17) is 5.26 Å². The van der Waals surface area contributed by atoms with Gasteiger partial charge in [0, 0.05) is 13.1 Å². The van der Waals surface area contributed by atoms with Crippen LogP contribution in [0.3, 0.4) is 0 Å². The van der Waals surface area contributed by atoms with Crippen LogP contribution in [-0.4, -0.2) is 18.1 Å². The summed E-state index contributed by atoms with van der Waals surface area (Å²) in [7, 11) is 0. The molecule has 3 nitrogen and oxygen atoms in total. The van der Waals surface area contributed by atoms with Gasteiger partial charge in [0.1, 0.15) is 17.6 Å². The molecule has 0 bridgehead atoms. The summed E-state index contributed by atoms with van der Waals surface area (Å²) in [5.41, 5.74) is -0.806. The Balaban J connectivity index is 3.26. The Hall–Kier alpha value is -1.77. The molecule has 0 N–H and O–H groups in total. The van der Waals surface area contributed by atoms with Crippen LogP contribution in [0.2, 0.25) is 0 Å². The Morgan fingerprint density at radius 1 is 1.37 bits per heavy atom. The number of hydrogen-bond acceptors (Lipinski definition) is 3. The summed E-state index contributed by atoms with van der Waals surface area (Å²) in [6.45, 7) is 6.80. The minimum absolute atomic E-state index is 0.105. The van der Waals surface area contributed by atoms with Gasteiger partial charge in [0.2, 0.25) is 0 Å². The number of hydrogen-bond donors (Lipinski definition) is 0. The van der Waals surface area contributed by atoms with Crippen LogP contribution in [0.1, 0.15) is 32.0 Å². The third-order valence-electron chi connectivity index (χ3n) is 2.55. The topological polar surface area (TPSA) is 39.9 Å². The van der Waals surface area contributed by atoms with Gasteiger partial charge in [0.15, 0.2) is 0 Å². The molecule has 0 atom stereocenters. The number of halogens is 3. The largest absolute Gasteiger partial charge is 0.433 e. The lowest BCUT2D eigenvalue weighted by Crippen LogP contribution is -2.29. The smallest absolute Gasteiger partial charge is 0.356 e. The quantitative estimate of drug-likeness (QED) is 0.842.